The zero-order valence-corrected chi connectivity index (χ0v) is 14.4. The number of nitrogen functional groups attached to an aromatic ring is 1. The van der Waals surface area contributed by atoms with Crippen LogP contribution in [-0.2, 0) is 12.4 Å². The Labute approximate surface area is 160 Å². The van der Waals surface area contributed by atoms with Crippen LogP contribution in [0.4, 0.5) is 55.0 Å². The van der Waals surface area contributed by atoms with Gasteiger partial charge in [-0.1, -0.05) is 18.2 Å². The first-order valence-corrected chi connectivity index (χ1v) is 8.03. The van der Waals surface area contributed by atoms with Crippen LogP contribution in [0.2, 0.25) is 0 Å². The van der Waals surface area contributed by atoms with Crippen molar-refractivity contribution in [1.29, 1.82) is 0 Å². The fourth-order valence-corrected chi connectivity index (χ4v) is 2.47. The Kier molecular flexibility index (Phi) is 5.23. The standard InChI is InChI=1S/C18H13F6N5/c19-17(20,21)10-4-3-5-11(8-10)28-15-14(25)16(27-9-26-15)29-13-7-2-1-6-12(13)18(22,23)24/h1-9H,25H2,(H2,26,27,28,29). The number of alkyl halides is 6. The average Bonchev–Trinajstić information content (AvgIpc) is 2.64. The molecular weight excluding hydrogens is 400 g/mol. The minimum Gasteiger partial charge on any atom is -0.393 e. The monoisotopic (exact) mass is 413 g/mol. The maximum absolute atomic E-state index is 13.1. The molecule has 0 radical (unpaired) electrons. The van der Waals surface area contributed by atoms with Gasteiger partial charge in [-0.2, -0.15) is 26.3 Å². The van der Waals surface area contributed by atoms with Gasteiger partial charge in [-0.15, -0.1) is 0 Å². The molecule has 1 aromatic heterocycles. The van der Waals surface area contributed by atoms with Crippen LogP contribution < -0.4 is 16.4 Å². The highest BCUT2D eigenvalue weighted by atomic mass is 19.4. The van der Waals surface area contributed by atoms with Crippen LogP contribution in [0, 0.1) is 0 Å². The third kappa shape index (κ3) is 4.68. The number of para-hydroxylation sites is 1. The van der Waals surface area contributed by atoms with Crippen LogP contribution >= 0.6 is 0 Å². The van der Waals surface area contributed by atoms with Crippen LogP contribution in [0.3, 0.4) is 0 Å². The molecule has 0 bridgehead atoms. The number of hydrogen-bond acceptors (Lipinski definition) is 5. The van der Waals surface area contributed by atoms with E-state index in [1.165, 1.54) is 30.3 Å². The van der Waals surface area contributed by atoms with Crippen LogP contribution in [0.15, 0.2) is 54.9 Å². The molecule has 2 aromatic carbocycles. The number of hydrogen-bond donors (Lipinski definition) is 3. The smallest absolute Gasteiger partial charge is 0.393 e. The summed E-state index contributed by atoms with van der Waals surface area (Å²) in [5.74, 6) is -0.197. The highest BCUT2D eigenvalue weighted by Gasteiger charge is 2.33. The zero-order chi connectivity index (χ0) is 21.2. The minimum atomic E-state index is -4.61. The summed E-state index contributed by atoms with van der Waals surface area (Å²) < 4.78 is 78.0. The van der Waals surface area contributed by atoms with Gasteiger partial charge in [0, 0.05) is 5.69 Å². The van der Waals surface area contributed by atoms with Gasteiger partial charge < -0.3 is 16.4 Å². The summed E-state index contributed by atoms with van der Waals surface area (Å²) in [6.45, 7) is 0. The largest absolute Gasteiger partial charge is 0.418 e. The van der Waals surface area contributed by atoms with Gasteiger partial charge in [0.2, 0.25) is 0 Å². The number of nitrogens with two attached hydrogens (primary N) is 1. The fraction of sp³-hybridized carbons (Fsp3) is 0.111. The summed E-state index contributed by atoms with van der Waals surface area (Å²) in [5.41, 5.74) is 3.70. The fourth-order valence-electron chi connectivity index (χ4n) is 2.47. The van der Waals surface area contributed by atoms with Crippen molar-refractivity contribution in [2.24, 2.45) is 0 Å². The highest BCUT2D eigenvalue weighted by molar-refractivity contribution is 5.81. The maximum Gasteiger partial charge on any atom is 0.418 e. The van der Waals surface area contributed by atoms with Crippen LogP contribution in [-0.4, -0.2) is 9.97 Å². The zero-order valence-electron chi connectivity index (χ0n) is 14.4. The first kappa shape index (κ1) is 20.2. The second kappa shape index (κ2) is 7.49. The number of anilines is 5. The van der Waals surface area contributed by atoms with Crippen molar-refractivity contribution in [2.75, 3.05) is 16.4 Å². The van der Waals surface area contributed by atoms with Crippen LogP contribution in [0.1, 0.15) is 11.1 Å². The number of nitrogens with one attached hydrogen (secondary N) is 2. The van der Waals surface area contributed by atoms with Crippen molar-refractivity contribution in [2.45, 2.75) is 12.4 Å². The van der Waals surface area contributed by atoms with E-state index in [1.807, 2.05) is 0 Å². The molecule has 3 aromatic rings. The molecule has 5 nitrogen and oxygen atoms in total. The summed E-state index contributed by atoms with van der Waals surface area (Å²) in [5, 5.41) is 5.11. The molecule has 0 saturated carbocycles. The Morgan fingerprint density at radius 3 is 2.07 bits per heavy atom. The van der Waals surface area contributed by atoms with E-state index in [9.17, 15) is 26.3 Å². The van der Waals surface area contributed by atoms with Crippen molar-refractivity contribution >= 4 is 28.7 Å². The molecular formula is C18H13F6N5. The molecule has 11 heteroatoms. The number of nitrogens with zero attached hydrogens (tertiary/aromatic N) is 2. The molecule has 0 aliphatic carbocycles. The van der Waals surface area contributed by atoms with E-state index in [0.717, 1.165) is 24.5 Å². The molecule has 1 heterocycles. The number of aromatic nitrogens is 2. The molecule has 0 saturated heterocycles. The van der Waals surface area contributed by atoms with Gasteiger partial charge in [0.05, 0.1) is 16.8 Å². The van der Waals surface area contributed by atoms with Gasteiger partial charge in [-0.3, -0.25) is 0 Å². The van der Waals surface area contributed by atoms with E-state index >= 15 is 0 Å². The van der Waals surface area contributed by atoms with Crippen molar-refractivity contribution in [3.8, 4) is 0 Å². The van der Waals surface area contributed by atoms with Gasteiger partial charge in [0.25, 0.3) is 0 Å². The quantitative estimate of drug-likeness (QED) is 0.487. The summed E-state index contributed by atoms with van der Waals surface area (Å²) in [6.07, 6.45) is -8.13. The van der Waals surface area contributed by atoms with E-state index in [4.69, 9.17) is 5.73 Å². The molecule has 0 atom stereocenters. The second-order valence-corrected chi connectivity index (χ2v) is 5.86. The van der Waals surface area contributed by atoms with Gasteiger partial charge in [0.1, 0.15) is 12.0 Å². The molecule has 0 fully saturated rings. The second-order valence-electron chi connectivity index (χ2n) is 5.86. The average molecular weight is 413 g/mol. The molecule has 0 amide bonds. The molecule has 4 N–H and O–H groups in total. The number of rotatable bonds is 4. The summed E-state index contributed by atoms with van der Waals surface area (Å²) >= 11 is 0. The Bertz CT molecular complexity index is 1020. The first-order valence-electron chi connectivity index (χ1n) is 8.03. The molecule has 0 aliphatic heterocycles. The molecule has 0 aliphatic rings. The predicted molar refractivity (Wildman–Crippen MR) is 95.9 cm³/mol. The Hall–Kier alpha value is -3.50. The number of benzene rings is 2. The molecule has 3 rings (SSSR count). The van der Waals surface area contributed by atoms with Crippen molar-refractivity contribution in [3.05, 3.63) is 66.0 Å². The first-order chi connectivity index (χ1) is 13.6. The molecule has 152 valence electrons. The lowest BCUT2D eigenvalue weighted by molar-refractivity contribution is -0.138. The van der Waals surface area contributed by atoms with E-state index in [0.29, 0.717) is 0 Å². The highest BCUT2D eigenvalue weighted by Crippen LogP contribution is 2.37. The summed E-state index contributed by atoms with van der Waals surface area (Å²) in [7, 11) is 0. The Morgan fingerprint density at radius 2 is 1.41 bits per heavy atom. The minimum absolute atomic E-state index is 0.0480. The van der Waals surface area contributed by atoms with Gasteiger partial charge in [-0.05, 0) is 30.3 Å². The topological polar surface area (TPSA) is 75.9 Å². The van der Waals surface area contributed by atoms with Crippen molar-refractivity contribution in [1.82, 2.24) is 9.97 Å². The van der Waals surface area contributed by atoms with Crippen LogP contribution in [0.25, 0.3) is 0 Å². The van der Waals surface area contributed by atoms with E-state index in [2.05, 4.69) is 20.6 Å². The molecule has 0 spiro atoms. The third-order valence-corrected chi connectivity index (χ3v) is 3.82. The van der Waals surface area contributed by atoms with Crippen LogP contribution in [0.5, 0.6) is 0 Å². The SMILES string of the molecule is Nc1c(Nc2cccc(C(F)(F)F)c2)ncnc1Nc1ccccc1C(F)(F)F. The normalized spacial score (nSPS) is 11.9. The van der Waals surface area contributed by atoms with Crippen molar-refractivity contribution < 1.29 is 26.3 Å². The van der Waals surface area contributed by atoms with E-state index in [-0.39, 0.29) is 28.7 Å². The van der Waals surface area contributed by atoms with Gasteiger partial charge in [-0.25, -0.2) is 9.97 Å². The maximum atomic E-state index is 13.1. The molecule has 29 heavy (non-hydrogen) atoms. The Balaban J connectivity index is 1.90. The summed E-state index contributed by atoms with van der Waals surface area (Å²) in [6, 6.07) is 9.04. The van der Waals surface area contributed by atoms with Gasteiger partial charge in [0.15, 0.2) is 11.6 Å². The lowest BCUT2D eigenvalue weighted by Crippen LogP contribution is -2.11. The molecule has 0 unspecified atom stereocenters. The predicted octanol–water partition coefficient (Wildman–Crippen LogP) is 5.58. The van der Waals surface area contributed by atoms with E-state index < -0.39 is 23.5 Å². The lowest BCUT2D eigenvalue weighted by atomic mass is 10.1. The van der Waals surface area contributed by atoms with E-state index in [1.54, 1.807) is 0 Å². The Morgan fingerprint density at radius 1 is 0.759 bits per heavy atom. The number of halogens is 6. The third-order valence-electron chi connectivity index (χ3n) is 3.82. The van der Waals surface area contributed by atoms with Crippen molar-refractivity contribution in [3.63, 3.8) is 0 Å². The summed E-state index contributed by atoms with van der Waals surface area (Å²) in [4.78, 5) is 7.67. The lowest BCUT2D eigenvalue weighted by Gasteiger charge is -2.16. The van der Waals surface area contributed by atoms with Gasteiger partial charge >= 0.3 is 12.4 Å².